The van der Waals surface area contributed by atoms with Gasteiger partial charge in [-0.1, -0.05) is 35.6 Å². The van der Waals surface area contributed by atoms with Gasteiger partial charge in [-0.15, -0.1) is 0 Å². The smallest absolute Gasteiger partial charge is 0.261 e. The molecule has 0 bridgehead atoms. The number of amides is 1. The summed E-state index contributed by atoms with van der Waals surface area (Å²) in [6.45, 7) is 5.36. The number of nitrogens with zero attached hydrogens (tertiary/aromatic N) is 3. The third-order valence-corrected chi connectivity index (χ3v) is 10.5. The van der Waals surface area contributed by atoms with E-state index in [-0.39, 0.29) is 23.9 Å². The van der Waals surface area contributed by atoms with Crippen molar-refractivity contribution in [2.75, 3.05) is 57.9 Å². The Bertz CT molecular complexity index is 1690. The summed E-state index contributed by atoms with van der Waals surface area (Å²) < 4.78 is 39.6. The number of rotatable bonds is 10. The number of aliphatic hydroxyl groups is 1. The Morgan fingerprint density at radius 1 is 1.07 bits per heavy atom. The first-order valence-corrected chi connectivity index (χ1v) is 16.5. The van der Waals surface area contributed by atoms with Crippen molar-refractivity contribution in [2.45, 2.75) is 30.3 Å². The van der Waals surface area contributed by atoms with E-state index in [1.165, 1.54) is 21.7 Å². The van der Waals surface area contributed by atoms with Crippen LogP contribution in [0.3, 0.4) is 0 Å². The van der Waals surface area contributed by atoms with Gasteiger partial charge in [-0.05, 0) is 66.9 Å². The molecule has 222 valence electrons. The van der Waals surface area contributed by atoms with Gasteiger partial charge < -0.3 is 14.6 Å². The van der Waals surface area contributed by atoms with Crippen LogP contribution in [-0.4, -0.2) is 92.3 Å². The maximum Gasteiger partial charge on any atom is 0.261 e. The molecule has 0 aliphatic carbocycles. The SMILES string of the molecule is O=C(Nc1nc2ccc(S(=O)(=O)N3CC[C@@H](O)C3)cc2s1)c1cc2ccccc2cc1OCCCCN1CCOCC1. The first kappa shape index (κ1) is 29.0. The third-order valence-electron chi connectivity index (χ3n) is 7.67. The molecule has 0 unspecified atom stereocenters. The van der Waals surface area contributed by atoms with Crippen molar-refractivity contribution in [3.05, 3.63) is 60.2 Å². The molecular formula is C30H34N4O6S2. The standard InChI is InChI=1S/C30H34N4O6S2/c35-23-9-11-34(20-23)42(37,38)24-7-8-26-28(19-24)41-30(31-26)32-29(36)25-17-21-5-1-2-6-22(21)18-27(25)40-14-4-3-10-33-12-15-39-16-13-33/h1-2,5-8,17-19,23,35H,3-4,9-16,20H2,(H,31,32,36)/t23-/m1/s1. The summed E-state index contributed by atoms with van der Waals surface area (Å²) in [7, 11) is -3.73. The fourth-order valence-electron chi connectivity index (χ4n) is 5.32. The number of ether oxygens (including phenoxy) is 2. The molecule has 10 nitrogen and oxygen atoms in total. The minimum atomic E-state index is -3.73. The summed E-state index contributed by atoms with van der Waals surface area (Å²) in [5, 5.41) is 15.0. The first-order valence-electron chi connectivity index (χ1n) is 14.2. The van der Waals surface area contributed by atoms with Crippen molar-refractivity contribution in [3.8, 4) is 5.75 Å². The van der Waals surface area contributed by atoms with Gasteiger partial charge in [0.1, 0.15) is 5.75 Å². The van der Waals surface area contributed by atoms with Gasteiger partial charge in [0.2, 0.25) is 10.0 Å². The Morgan fingerprint density at radius 3 is 2.62 bits per heavy atom. The second-order valence-corrected chi connectivity index (χ2v) is 13.6. The van der Waals surface area contributed by atoms with E-state index in [1.54, 1.807) is 12.1 Å². The van der Waals surface area contributed by atoms with Gasteiger partial charge in [0.25, 0.3) is 5.91 Å². The number of morpholine rings is 1. The number of sulfonamides is 1. The number of unbranched alkanes of at least 4 members (excludes halogenated alkanes) is 1. The van der Waals surface area contributed by atoms with Crippen LogP contribution in [0.1, 0.15) is 29.6 Å². The van der Waals surface area contributed by atoms with Crippen LogP contribution in [0.15, 0.2) is 59.5 Å². The lowest BCUT2D eigenvalue weighted by Gasteiger charge is -2.26. The molecule has 1 aromatic heterocycles. The molecule has 2 aliphatic rings. The van der Waals surface area contributed by atoms with E-state index in [2.05, 4.69) is 15.2 Å². The van der Waals surface area contributed by atoms with E-state index < -0.39 is 16.1 Å². The van der Waals surface area contributed by atoms with Crippen LogP contribution in [0, 0.1) is 0 Å². The van der Waals surface area contributed by atoms with Crippen LogP contribution in [0.5, 0.6) is 5.75 Å². The number of β-amino-alcohol motifs (C(OH)–C–C–N with tert-alkyl or cyclic N) is 1. The number of thiazole rings is 1. The monoisotopic (exact) mass is 610 g/mol. The zero-order valence-corrected chi connectivity index (χ0v) is 24.8. The Balaban J connectivity index is 1.16. The van der Waals surface area contributed by atoms with Crippen LogP contribution < -0.4 is 10.1 Å². The maximum absolute atomic E-state index is 13.5. The number of carbonyl (C=O) groups is 1. The highest BCUT2D eigenvalue weighted by Gasteiger charge is 2.32. The molecule has 42 heavy (non-hydrogen) atoms. The van der Waals surface area contributed by atoms with Gasteiger partial charge in [0, 0.05) is 26.2 Å². The Labute approximate surface area is 248 Å². The summed E-state index contributed by atoms with van der Waals surface area (Å²) in [5.74, 6) is 0.168. The minimum absolute atomic E-state index is 0.0917. The molecule has 3 aromatic carbocycles. The molecular weight excluding hydrogens is 576 g/mol. The van der Waals surface area contributed by atoms with Crippen molar-refractivity contribution in [3.63, 3.8) is 0 Å². The van der Waals surface area contributed by atoms with Gasteiger partial charge in [0.15, 0.2) is 5.13 Å². The summed E-state index contributed by atoms with van der Waals surface area (Å²) in [4.78, 5) is 20.6. The fourth-order valence-corrected chi connectivity index (χ4v) is 7.82. The van der Waals surface area contributed by atoms with E-state index in [0.29, 0.717) is 39.7 Å². The average Bonchev–Trinajstić information content (AvgIpc) is 3.62. The lowest BCUT2D eigenvalue weighted by atomic mass is 10.1. The average molecular weight is 611 g/mol. The third kappa shape index (κ3) is 6.43. The number of benzene rings is 3. The van der Waals surface area contributed by atoms with E-state index in [9.17, 15) is 18.3 Å². The van der Waals surface area contributed by atoms with E-state index in [4.69, 9.17) is 9.47 Å². The number of anilines is 1. The molecule has 0 spiro atoms. The van der Waals surface area contributed by atoms with Gasteiger partial charge in [-0.2, -0.15) is 4.31 Å². The molecule has 3 heterocycles. The molecule has 1 atom stereocenters. The molecule has 4 aromatic rings. The number of aromatic nitrogens is 1. The fraction of sp³-hybridized carbons (Fsp3) is 0.400. The number of hydrogen-bond donors (Lipinski definition) is 2. The number of fused-ring (bicyclic) bond motifs is 2. The Hall–Kier alpha value is -3.13. The number of aliphatic hydroxyl groups excluding tert-OH is 1. The van der Waals surface area contributed by atoms with Crippen molar-refractivity contribution in [2.24, 2.45) is 0 Å². The molecule has 2 aliphatic heterocycles. The molecule has 6 rings (SSSR count). The summed E-state index contributed by atoms with van der Waals surface area (Å²) in [6.07, 6.45) is 1.64. The highest BCUT2D eigenvalue weighted by molar-refractivity contribution is 7.89. The van der Waals surface area contributed by atoms with E-state index in [1.807, 2.05) is 36.4 Å². The molecule has 1 amide bonds. The molecule has 2 fully saturated rings. The van der Waals surface area contributed by atoms with Crippen LogP contribution >= 0.6 is 11.3 Å². The zero-order valence-electron chi connectivity index (χ0n) is 23.2. The summed E-state index contributed by atoms with van der Waals surface area (Å²) >= 11 is 1.21. The second kappa shape index (κ2) is 12.6. The zero-order chi connectivity index (χ0) is 29.1. The number of hydrogen-bond acceptors (Lipinski definition) is 9. The van der Waals surface area contributed by atoms with Crippen LogP contribution in [0.4, 0.5) is 5.13 Å². The maximum atomic E-state index is 13.5. The topological polar surface area (TPSA) is 121 Å². The first-order chi connectivity index (χ1) is 20.4. The predicted octanol–water partition coefficient (Wildman–Crippen LogP) is 3.95. The molecule has 12 heteroatoms. The van der Waals surface area contributed by atoms with Crippen LogP contribution in [-0.2, 0) is 14.8 Å². The van der Waals surface area contributed by atoms with Crippen molar-refractivity contribution in [1.82, 2.24) is 14.2 Å². The van der Waals surface area contributed by atoms with Crippen molar-refractivity contribution >= 4 is 53.4 Å². The summed E-state index contributed by atoms with van der Waals surface area (Å²) in [5.41, 5.74) is 1.00. The highest BCUT2D eigenvalue weighted by Crippen LogP contribution is 2.32. The van der Waals surface area contributed by atoms with Crippen molar-refractivity contribution in [1.29, 1.82) is 0 Å². The van der Waals surface area contributed by atoms with Crippen molar-refractivity contribution < 1.29 is 27.8 Å². The quantitative estimate of drug-likeness (QED) is 0.259. The molecule has 0 radical (unpaired) electrons. The van der Waals surface area contributed by atoms with Crippen LogP contribution in [0.25, 0.3) is 21.0 Å². The normalized spacial score (nSPS) is 18.5. The van der Waals surface area contributed by atoms with Crippen LogP contribution in [0.2, 0.25) is 0 Å². The lowest BCUT2D eigenvalue weighted by Crippen LogP contribution is -2.36. The van der Waals surface area contributed by atoms with E-state index in [0.717, 1.165) is 56.5 Å². The minimum Gasteiger partial charge on any atom is -0.493 e. The summed E-state index contributed by atoms with van der Waals surface area (Å²) in [6, 6.07) is 16.3. The van der Waals surface area contributed by atoms with E-state index >= 15 is 0 Å². The number of carbonyl (C=O) groups excluding carboxylic acids is 1. The highest BCUT2D eigenvalue weighted by atomic mass is 32.2. The molecule has 2 N–H and O–H groups in total. The van der Waals surface area contributed by atoms with Gasteiger partial charge in [-0.25, -0.2) is 13.4 Å². The second-order valence-electron chi connectivity index (χ2n) is 10.6. The Kier molecular flexibility index (Phi) is 8.70. The lowest BCUT2D eigenvalue weighted by molar-refractivity contribution is 0.0368. The predicted molar refractivity (Wildman–Crippen MR) is 163 cm³/mol. The van der Waals surface area contributed by atoms with Gasteiger partial charge in [-0.3, -0.25) is 15.0 Å². The number of nitrogens with one attached hydrogen (secondary N) is 1. The van der Waals surface area contributed by atoms with Gasteiger partial charge in [0.05, 0.1) is 46.6 Å². The molecule has 0 saturated carbocycles. The molecule has 2 saturated heterocycles. The van der Waals surface area contributed by atoms with Gasteiger partial charge >= 0.3 is 0 Å². The Morgan fingerprint density at radius 2 is 1.86 bits per heavy atom. The largest absolute Gasteiger partial charge is 0.493 e.